The van der Waals surface area contributed by atoms with Crippen molar-refractivity contribution in [2.24, 2.45) is 0 Å². The molecule has 0 nitrogen and oxygen atoms in total. The molecule has 1 heterocycles. The van der Waals surface area contributed by atoms with E-state index in [1.165, 1.54) is 24.5 Å². The van der Waals surface area contributed by atoms with E-state index in [1.807, 2.05) is 0 Å². The van der Waals surface area contributed by atoms with Crippen LogP contribution in [0.15, 0.2) is 103 Å². The minimum Gasteiger partial charge on any atom is -0.118 e. The molecule has 2 heteroatoms. The molecule has 0 unspecified atom stereocenters. The Kier molecular flexibility index (Phi) is 3.65. The van der Waals surface area contributed by atoms with Gasteiger partial charge in [-0.05, 0) is 43.3 Å². The van der Waals surface area contributed by atoms with Crippen LogP contribution in [-0.2, 0) is 10.9 Å². The molecule has 1 aliphatic rings. The highest BCUT2D eigenvalue weighted by Gasteiger charge is 2.38. The van der Waals surface area contributed by atoms with Crippen molar-refractivity contribution in [2.45, 2.75) is 31.4 Å². The SMILES string of the molecule is CC=S1c2ccccc2[S+](c2ccccc2)c2ccccc21. The molecular weight excluding hydrogens is 304 g/mol. The Morgan fingerprint density at radius 3 is 1.73 bits per heavy atom. The van der Waals surface area contributed by atoms with Crippen molar-refractivity contribution in [1.29, 1.82) is 0 Å². The summed E-state index contributed by atoms with van der Waals surface area (Å²) in [6.07, 6.45) is 0. The van der Waals surface area contributed by atoms with E-state index >= 15 is 0 Å². The van der Waals surface area contributed by atoms with Gasteiger partial charge >= 0.3 is 0 Å². The molecule has 0 spiro atoms. The molecule has 0 saturated carbocycles. The lowest BCUT2D eigenvalue weighted by Crippen LogP contribution is -2.12. The highest BCUT2D eigenvalue weighted by molar-refractivity contribution is 8.16. The summed E-state index contributed by atoms with van der Waals surface area (Å²) in [4.78, 5) is 7.33. The predicted molar refractivity (Wildman–Crippen MR) is 97.4 cm³/mol. The van der Waals surface area contributed by atoms with Crippen LogP contribution in [0, 0.1) is 0 Å². The van der Waals surface area contributed by atoms with Crippen molar-refractivity contribution in [3.05, 3.63) is 78.9 Å². The zero-order valence-electron chi connectivity index (χ0n) is 12.4. The van der Waals surface area contributed by atoms with Crippen LogP contribution < -0.4 is 0 Å². The van der Waals surface area contributed by atoms with Crippen molar-refractivity contribution in [3.8, 4) is 0 Å². The van der Waals surface area contributed by atoms with Gasteiger partial charge in [-0.15, -0.1) is 10.5 Å². The fourth-order valence-electron chi connectivity index (χ4n) is 2.90. The van der Waals surface area contributed by atoms with Gasteiger partial charge in [-0.2, -0.15) is 0 Å². The minimum absolute atomic E-state index is 0.00673. The summed E-state index contributed by atoms with van der Waals surface area (Å²) in [5, 5.41) is 2.35. The summed E-state index contributed by atoms with van der Waals surface area (Å²) < 4.78 is 0. The summed E-state index contributed by atoms with van der Waals surface area (Å²) in [5.41, 5.74) is 0. The van der Waals surface area contributed by atoms with Crippen LogP contribution in [0.2, 0.25) is 0 Å². The van der Waals surface area contributed by atoms with Crippen LogP contribution in [0.25, 0.3) is 0 Å². The molecule has 0 fully saturated rings. The quantitative estimate of drug-likeness (QED) is 0.316. The van der Waals surface area contributed by atoms with Crippen molar-refractivity contribution in [2.75, 3.05) is 0 Å². The number of rotatable bonds is 1. The summed E-state index contributed by atoms with van der Waals surface area (Å²) >= 11 is 0. The molecule has 1 aliphatic heterocycles. The second-order valence-corrected chi connectivity index (χ2v) is 9.08. The van der Waals surface area contributed by atoms with Crippen LogP contribution in [0.3, 0.4) is 0 Å². The molecule has 0 aliphatic carbocycles. The summed E-state index contributed by atoms with van der Waals surface area (Å²) in [7, 11) is 0.0927. The van der Waals surface area contributed by atoms with E-state index in [0.717, 1.165) is 0 Å². The fraction of sp³-hybridized carbons (Fsp3) is 0.0500. The molecule has 3 aromatic rings. The molecule has 22 heavy (non-hydrogen) atoms. The molecule has 0 saturated heterocycles. The molecule has 0 atom stereocenters. The van der Waals surface area contributed by atoms with Crippen LogP contribution in [0.1, 0.15) is 6.92 Å². The van der Waals surface area contributed by atoms with E-state index < -0.39 is 0 Å². The topological polar surface area (TPSA) is 0 Å². The third kappa shape index (κ3) is 2.15. The molecule has 0 radical (unpaired) electrons. The average molecular weight is 321 g/mol. The number of fused-ring (bicyclic) bond motifs is 2. The monoisotopic (exact) mass is 321 g/mol. The molecular formula is C20H17S2+. The molecule has 4 rings (SSSR count). The first-order chi connectivity index (χ1) is 10.9. The van der Waals surface area contributed by atoms with Crippen LogP contribution in [-0.4, -0.2) is 5.37 Å². The van der Waals surface area contributed by atoms with E-state index in [1.54, 1.807) is 0 Å². The average Bonchev–Trinajstić information content (AvgIpc) is 2.60. The zero-order chi connectivity index (χ0) is 14.9. The second-order valence-electron chi connectivity index (χ2n) is 5.09. The van der Waals surface area contributed by atoms with Gasteiger partial charge < -0.3 is 0 Å². The molecule has 0 aromatic heterocycles. The number of benzene rings is 3. The normalized spacial score (nSPS) is 19.1. The van der Waals surface area contributed by atoms with Gasteiger partial charge in [0.15, 0.2) is 14.7 Å². The van der Waals surface area contributed by atoms with Gasteiger partial charge in [0.2, 0.25) is 0 Å². The summed E-state index contributed by atoms with van der Waals surface area (Å²) in [6, 6.07) is 28.8. The van der Waals surface area contributed by atoms with E-state index in [-0.39, 0.29) is 21.4 Å². The van der Waals surface area contributed by atoms with Gasteiger partial charge in [0.1, 0.15) is 10.9 Å². The smallest absolute Gasteiger partial charge is 0.118 e. The van der Waals surface area contributed by atoms with Gasteiger partial charge in [-0.25, -0.2) is 0 Å². The first-order valence-electron chi connectivity index (χ1n) is 7.40. The summed E-state index contributed by atoms with van der Waals surface area (Å²) in [5.74, 6) is 0. The Morgan fingerprint density at radius 1 is 0.682 bits per heavy atom. The third-order valence-electron chi connectivity index (χ3n) is 3.83. The maximum absolute atomic E-state index is 2.35. The van der Waals surface area contributed by atoms with E-state index in [2.05, 4.69) is 91.2 Å². The highest BCUT2D eigenvalue weighted by Crippen LogP contribution is 2.51. The van der Waals surface area contributed by atoms with Crippen LogP contribution in [0.4, 0.5) is 0 Å². The lowest BCUT2D eigenvalue weighted by atomic mass is 10.3. The molecule has 0 N–H and O–H groups in total. The highest BCUT2D eigenvalue weighted by atomic mass is 32.2. The fourth-order valence-corrected chi connectivity index (χ4v) is 7.85. The van der Waals surface area contributed by atoms with Crippen LogP contribution >= 0.6 is 10.5 Å². The predicted octanol–water partition coefficient (Wildman–Crippen LogP) is 5.60. The Hall–Kier alpha value is -1.77. The van der Waals surface area contributed by atoms with Crippen molar-refractivity contribution in [1.82, 2.24) is 0 Å². The maximum atomic E-state index is 2.35. The van der Waals surface area contributed by atoms with Gasteiger partial charge in [0.05, 0.1) is 9.79 Å². The molecule has 0 amide bonds. The summed E-state index contributed by atoms with van der Waals surface area (Å²) in [6.45, 7) is 2.18. The van der Waals surface area contributed by atoms with Gasteiger partial charge in [-0.3, -0.25) is 0 Å². The van der Waals surface area contributed by atoms with Crippen LogP contribution in [0.5, 0.6) is 0 Å². The van der Waals surface area contributed by atoms with Gasteiger partial charge in [-0.1, -0.05) is 47.8 Å². The zero-order valence-corrected chi connectivity index (χ0v) is 14.0. The minimum atomic E-state index is 0.00673. The third-order valence-corrected chi connectivity index (χ3v) is 8.55. The van der Waals surface area contributed by atoms with E-state index in [4.69, 9.17) is 0 Å². The molecule has 3 aromatic carbocycles. The molecule has 0 bridgehead atoms. The van der Waals surface area contributed by atoms with Crippen molar-refractivity contribution >= 4 is 26.7 Å². The van der Waals surface area contributed by atoms with E-state index in [0.29, 0.717) is 0 Å². The lowest BCUT2D eigenvalue weighted by Gasteiger charge is -2.22. The Morgan fingerprint density at radius 2 is 1.18 bits per heavy atom. The lowest BCUT2D eigenvalue weighted by molar-refractivity contribution is 1.12. The Labute approximate surface area is 137 Å². The van der Waals surface area contributed by atoms with Gasteiger partial charge in [0, 0.05) is 0 Å². The first-order valence-corrected chi connectivity index (χ1v) is 9.91. The largest absolute Gasteiger partial charge is 0.179 e. The van der Waals surface area contributed by atoms with Gasteiger partial charge in [0.25, 0.3) is 0 Å². The van der Waals surface area contributed by atoms with E-state index in [9.17, 15) is 0 Å². The molecule has 108 valence electrons. The maximum Gasteiger partial charge on any atom is 0.179 e. The second kappa shape index (κ2) is 5.79. The Bertz CT molecular complexity index is 801. The first kappa shape index (κ1) is 13.9. The Balaban J connectivity index is 2.05. The number of hydrogen-bond acceptors (Lipinski definition) is 0. The van der Waals surface area contributed by atoms with Crippen molar-refractivity contribution < 1.29 is 0 Å². The number of hydrogen-bond donors (Lipinski definition) is 0. The standard InChI is InChI=1S/C20H17S2/c1-2-21-17-12-6-8-14-19(17)22(16-10-4-3-5-11-16)20-15-9-7-13-18(20)21/h2-15H,1H3/q+1. The van der Waals surface area contributed by atoms with Crippen molar-refractivity contribution in [3.63, 3.8) is 0 Å².